The van der Waals surface area contributed by atoms with Crippen molar-refractivity contribution in [2.45, 2.75) is 29.9 Å². The van der Waals surface area contributed by atoms with Crippen molar-refractivity contribution in [2.75, 3.05) is 33.5 Å². The molecule has 6 nitrogen and oxygen atoms in total. The summed E-state index contributed by atoms with van der Waals surface area (Å²) in [5.41, 5.74) is -0.322. The van der Waals surface area contributed by atoms with Crippen LogP contribution in [0.3, 0.4) is 0 Å². The molecule has 0 aliphatic heterocycles. The molecule has 2 atom stereocenters. The van der Waals surface area contributed by atoms with Crippen molar-refractivity contribution in [1.82, 2.24) is 4.90 Å². The summed E-state index contributed by atoms with van der Waals surface area (Å²) >= 11 is 0. The van der Waals surface area contributed by atoms with Crippen molar-refractivity contribution in [3.05, 3.63) is 24.3 Å². The highest BCUT2D eigenvalue weighted by atomic mass is 32.2. The van der Waals surface area contributed by atoms with Crippen molar-refractivity contribution in [3.8, 4) is 5.75 Å². The molecule has 1 aromatic carbocycles. The van der Waals surface area contributed by atoms with Crippen LogP contribution in [0, 0.1) is 5.41 Å². The van der Waals surface area contributed by atoms with Gasteiger partial charge in [0.05, 0.1) is 23.7 Å². The Kier molecular flexibility index (Phi) is 5.35. The molecule has 0 amide bonds. The number of ether oxygens (including phenoxy) is 1. The maximum Gasteiger partial charge on any atom is 0.175 e. The van der Waals surface area contributed by atoms with Crippen LogP contribution in [0.1, 0.15) is 12.8 Å². The Balaban J connectivity index is 2.07. The number of nitrogens with zero attached hydrogens (tertiary/aromatic N) is 1. The molecule has 23 heavy (non-hydrogen) atoms. The van der Waals surface area contributed by atoms with Crippen LogP contribution >= 0.6 is 0 Å². The SMILES string of the molecule is CN(C)CC1(COc2ccc(S(C)(=O)=O)cc2)CC(O)C(O)C1. The van der Waals surface area contributed by atoms with E-state index in [9.17, 15) is 18.6 Å². The second-order valence-electron chi connectivity index (χ2n) is 6.81. The number of benzene rings is 1. The number of aliphatic hydroxyl groups is 2. The summed E-state index contributed by atoms with van der Waals surface area (Å²) in [6.45, 7) is 1.06. The van der Waals surface area contributed by atoms with E-state index in [1.54, 1.807) is 12.1 Å². The lowest BCUT2D eigenvalue weighted by molar-refractivity contribution is 0.0438. The third-order valence-electron chi connectivity index (χ3n) is 4.18. The van der Waals surface area contributed by atoms with Gasteiger partial charge in [-0.1, -0.05) is 0 Å². The average Bonchev–Trinajstić information content (AvgIpc) is 2.70. The lowest BCUT2D eigenvalue weighted by atomic mass is 9.86. The molecule has 0 radical (unpaired) electrons. The topological polar surface area (TPSA) is 87.1 Å². The van der Waals surface area contributed by atoms with Gasteiger partial charge in [0.1, 0.15) is 5.75 Å². The lowest BCUT2D eigenvalue weighted by Gasteiger charge is -2.31. The van der Waals surface area contributed by atoms with Gasteiger partial charge < -0.3 is 19.8 Å². The van der Waals surface area contributed by atoms with E-state index in [0.29, 0.717) is 31.7 Å². The van der Waals surface area contributed by atoms with E-state index in [2.05, 4.69) is 0 Å². The van der Waals surface area contributed by atoms with E-state index in [1.807, 2.05) is 19.0 Å². The summed E-state index contributed by atoms with van der Waals surface area (Å²) < 4.78 is 28.7. The maximum absolute atomic E-state index is 11.5. The van der Waals surface area contributed by atoms with Gasteiger partial charge in [-0.2, -0.15) is 0 Å². The van der Waals surface area contributed by atoms with E-state index < -0.39 is 22.0 Å². The van der Waals surface area contributed by atoms with Gasteiger partial charge in [0.2, 0.25) is 0 Å². The molecule has 1 fully saturated rings. The van der Waals surface area contributed by atoms with Gasteiger partial charge in [0.25, 0.3) is 0 Å². The molecular formula is C16H25NO5S. The van der Waals surface area contributed by atoms with Crippen LogP contribution in [0.2, 0.25) is 0 Å². The molecule has 0 spiro atoms. The van der Waals surface area contributed by atoms with Gasteiger partial charge in [-0.15, -0.1) is 0 Å². The second kappa shape index (κ2) is 6.76. The Hall–Kier alpha value is -1.15. The van der Waals surface area contributed by atoms with Gasteiger partial charge in [-0.25, -0.2) is 8.42 Å². The lowest BCUT2D eigenvalue weighted by Crippen LogP contribution is -2.37. The summed E-state index contributed by atoms with van der Waals surface area (Å²) in [6, 6.07) is 6.28. The van der Waals surface area contributed by atoms with E-state index in [4.69, 9.17) is 4.74 Å². The van der Waals surface area contributed by atoms with E-state index in [0.717, 1.165) is 6.26 Å². The normalized spacial score (nSPS) is 28.3. The largest absolute Gasteiger partial charge is 0.493 e. The predicted molar refractivity (Wildman–Crippen MR) is 87.3 cm³/mol. The van der Waals surface area contributed by atoms with Crippen molar-refractivity contribution >= 4 is 9.84 Å². The first-order valence-electron chi connectivity index (χ1n) is 7.55. The molecule has 1 aliphatic carbocycles. The standard InChI is InChI=1S/C16H25NO5S/c1-17(2)10-16(8-14(18)15(19)9-16)11-22-12-4-6-13(7-5-12)23(3,20)21/h4-7,14-15,18-19H,8-11H2,1-3H3. The van der Waals surface area contributed by atoms with Crippen LogP contribution < -0.4 is 4.74 Å². The van der Waals surface area contributed by atoms with Gasteiger partial charge in [-0.05, 0) is 51.2 Å². The van der Waals surface area contributed by atoms with Gasteiger partial charge >= 0.3 is 0 Å². The molecule has 0 saturated heterocycles. The molecule has 130 valence electrons. The Morgan fingerprint density at radius 1 is 1.17 bits per heavy atom. The Labute approximate surface area is 137 Å². The molecule has 0 bridgehead atoms. The van der Waals surface area contributed by atoms with Gasteiger partial charge in [0, 0.05) is 18.2 Å². The Morgan fingerprint density at radius 3 is 2.13 bits per heavy atom. The monoisotopic (exact) mass is 343 g/mol. The first kappa shape index (κ1) is 18.2. The minimum Gasteiger partial charge on any atom is -0.493 e. The molecule has 1 aromatic rings. The second-order valence-corrected chi connectivity index (χ2v) is 8.83. The first-order chi connectivity index (χ1) is 10.6. The number of rotatable bonds is 6. The summed E-state index contributed by atoms with van der Waals surface area (Å²) in [6.07, 6.45) is 0.662. The van der Waals surface area contributed by atoms with Crippen LogP contribution in [0.25, 0.3) is 0 Å². The van der Waals surface area contributed by atoms with Crippen LogP contribution in [0.4, 0.5) is 0 Å². The first-order valence-corrected chi connectivity index (χ1v) is 9.44. The number of hydrogen-bond acceptors (Lipinski definition) is 6. The van der Waals surface area contributed by atoms with E-state index >= 15 is 0 Å². The smallest absolute Gasteiger partial charge is 0.175 e. The molecular weight excluding hydrogens is 318 g/mol. The minimum absolute atomic E-state index is 0.250. The van der Waals surface area contributed by atoms with Crippen LogP contribution in [-0.4, -0.2) is 69.2 Å². The quantitative estimate of drug-likeness (QED) is 0.784. The molecule has 7 heteroatoms. The summed E-state index contributed by atoms with van der Waals surface area (Å²) in [4.78, 5) is 2.26. The van der Waals surface area contributed by atoms with Crippen LogP contribution in [0.15, 0.2) is 29.2 Å². The zero-order valence-electron chi connectivity index (χ0n) is 13.8. The van der Waals surface area contributed by atoms with E-state index in [1.165, 1.54) is 12.1 Å². The van der Waals surface area contributed by atoms with E-state index in [-0.39, 0.29) is 10.3 Å². The molecule has 2 N–H and O–H groups in total. The number of aliphatic hydroxyl groups excluding tert-OH is 2. The zero-order chi connectivity index (χ0) is 17.3. The molecule has 1 saturated carbocycles. The fourth-order valence-electron chi connectivity index (χ4n) is 3.23. The highest BCUT2D eigenvalue weighted by Crippen LogP contribution is 2.39. The molecule has 2 unspecified atom stereocenters. The van der Waals surface area contributed by atoms with Gasteiger partial charge in [-0.3, -0.25) is 0 Å². The molecule has 0 heterocycles. The molecule has 0 aromatic heterocycles. The summed E-state index contributed by atoms with van der Waals surface area (Å²) in [7, 11) is 0.667. The summed E-state index contributed by atoms with van der Waals surface area (Å²) in [5, 5.41) is 19.8. The predicted octanol–water partition coefficient (Wildman–Crippen LogP) is 0.532. The minimum atomic E-state index is -3.22. The number of sulfone groups is 1. The fraction of sp³-hybridized carbons (Fsp3) is 0.625. The van der Waals surface area contributed by atoms with Crippen molar-refractivity contribution in [1.29, 1.82) is 0 Å². The average molecular weight is 343 g/mol. The molecule has 1 aliphatic rings. The van der Waals surface area contributed by atoms with Gasteiger partial charge in [0.15, 0.2) is 9.84 Å². The van der Waals surface area contributed by atoms with Crippen LogP contribution in [-0.2, 0) is 9.84 Å². The van der Waals surface area contributed by atoms with Crippen molar-refractivity contribution < 1.29 is 23.4 Å². The van der Waals surface area contributed by atoms with Crippen molar-refractivity contribution in [2.24, 2.45) is 5.41 Å². The zero-order valence-corrected chi connectivity index (χ0v) is 14.6. The Bertz CT molecular complexity index is 611. The maximum atomic E-state index is 11.5. The third-order valence-corrected chi connectivity index (χ3v) is 5.31. The number of hydrogen-bond donors (Lipinski definition) is 2. The summed E-state index contributed by atoms with van der Waals surface area (Å²) in [5.74, 6) is 0.575. The fourth-order valence-corrected chi connectivity index (χ4v) is 3.86. The highest BCUT2D eigenvalue weighted by molar-refractivity contribution is 7.90. The van der Waals surface area contributed by atoms with Crippen LogP contribution in [0.5, 0.6) is 5.75 Å². The molecule has 2 rings (SSSR count). The van der Waals surface area contributed by atoms with Crippen molar-refractivity contribution in [3.63, 3.8) is 0 Å². The highest BCUT2D eigenvalue weighted by Gasteiger charge is 2.45. The Morgan fingerprint density at radius 2 is 1.70 bits per heavy atom. The third kappa shape index (κ3) is 4.67.